The average Bonchev–Trinajstić information content (AvgIpc) is 2.74. The SMILES string of the molecule is CC(=O)OC[C@H](NC(=O)c1ccc(C(=N)N)cc1)C(=O)N1CCC(OCC(=O)O)CC1. The maximum Gasteiger partial charge on any atom is 0.329 e. The number of aliphatic carboxylic acids is 1. The number of carboxylic acid groups (broad SMARTS) is 1. The summed E-state index contributed by atoms with van der Waals surface area (Å²) in [5.74, 6) is -2.73. The van der Waals surface area contributed by atoms with Gasteiger partial charge in [-0.3, -0.25) is 19.8 Å². The van der Waals surface area contributed by atoms with E-state index in [0.717, 1.165) is 0 Å². The number of piperidine rings is 1. The standard InChI is InChI=1S/C20H26N4O7/c1-12(25)30-10-16(23-19(28)14-4-2-13(3-5-14)18(21)22)20(29)24-8-6-15(7-9-24)31-11-17(26)27/h2-5,15-16H,6-11H2,1H3,(H3,21,22)(H,23,28)(H,26,27)/t16-/m0/s1. The van der Waals surface area contributed by atoms with Crippen LogP contribution < -0.4 is 11.1 Å². The lowest BCUT2D eigenvalue weighted by Crippen LogP contribution is -2.53. The average molecular weight is 434 g/mol. The number of benzene rings is 1. The number of hydrogen-bond donors (Lipinski definition) is 4. The van der Waals surface area contributed by atoms with Gasteiger partial charge in [-0.15, -0.1) is 0 Å². The zero-order chi connectivity index (χ0) is 23.0. The number of nitrogens with zero attached hydrogens (tertiary/aromatic N) is 1. The first-order valence-electron chi connectivity index (χ1n) is 9.68. The van der Waals surface area contributed by atoms with E-state index < -0.39 is 36.4 Å². The van der Waals surface area contributed by atoms with Crippen molar-refractivity contribution in [2.45, 2.75) is 31.9 Å². The fourth-order valence-electron chi connectivity index (χ4n) is 3.07. The summed E-state index contributed by atoms with van der Waals surface area (Å²) in [4.78, 5) is 48.9. The predicted octanol–water partition coefficient (Wildman–Crippen LogP) is -0.276. The number of nitrogen functional groups attached to an aromatic ring is 1. The molecule has 1 atom stereocenters. The summed E-state index contributed by atoms with van der Waals surface area (Å²) in [6, 6.07) is 4.90. The van der Waals surface area contributed by atoms with Crippen LogP contribution in [0.25, 0.3) is 0 Å². The quantitative estimate of drug-likeness (QED) is 0.233. The van der Waals surface area contributed by atoms with Gasteiger partial charge in [-0.05, 0) is 25.0 Å². The van der Waals surface area contributed by atoms with Crippen molar-refractivity contribution in [2.24, 2.45) is 5.73 Å². The lowest BCUT2D eigenvalue weighted by atomic mass is 10.1. The third kappa shape index (κ3) is 7.37. The first kappa shape index (κ1) is 23.8. The van der Waals surface area contributed by atoms with E-state index in [9.17, 15) is 19.2 Å². The van der Waals surface area contributed by atoms with Crippen molar-refractivity contribution in [3.05, 3.63) is 35.4 Å². The highest BCUT2D eigenvalue weighted by atomic mass is 16.5. The molecule has 11 nitrogen and oxygen atoms in total. The van der Waals surface area contributed by atoms with E-state index in [0.29, 0.717) is 31.5 Å². The van der Waals surface area contributed by atoms with Crippen LogP contribution in [0.3, 0.4) is 0 Å². The van der Waals surface area contributed by atoms with Crippen LogP contribution in [0.1, 0.15) is 35.7 Å². The summed E-state index contributed by atoms with van der Waals surface area (Å²) >= 11 is 0. The molecule has 0 bridgehead atoms. The number of hydrogen-bond acceptors (Lipinski definition) is 7. The molecule has 1 aliphatic rings. The molecule has 0 aromatic heterocycles. The number of amides is 2. The summed E-state index contributed by atoms with van der Waals surface area (Å²) in [7, 11) is 0. The number of nitrogens with two attached hydrogens (primary N) is 1. The number of amidine groups is 1. The third-order valence-corrected chi connectivity index (χ3v) is 4.71. The highest BCUT2D eigenvalue weighted by Crippen LogP contribution is 2.15. The number of carbonyl (C=O) groups is 4. The van der Waals surface area contributed by atoms with Crippen molar-refractivity contribution in [1.29, 1.82) is 5.41 Å². The maximum absolute atomic E-state index is 12.9. The summed E-state index contributed by atoms with van der Waals surface area (Å²) in [6.45, 7) is 1.13. The third-order valence-electron chi connectivity index (χ3n) is 4.71. The van der Waals surface area contributed by atoms with E-state index in [-0.39, 0.29) is 24.1 Å². The van der Waals surface area contributed by atoms with Gasteiger partial charge < -0.3 is 30.5 Å². The predicted molar refractivity (Wildman–Crippen MR) is 109 cm³/mol. The van der Waals surface area contributed by atoms with Crippen molar-refractivity contribution in [1.82, 2.24) is 10.2 Å². The Labute approximate surface area is 179 Å². The monoisotopic (exact) mass is 434 g/mol. The maximum atomic E-state index is 12.9. The van der Waals surface area contributed by atoms with Gasteiger partial charge in [-0.2, -0.15) is 0 Å². The summed E-state index contributed by atoms with van der Waals surface area (Å²) in [6.07, 6.45) is 0.654. The Morgan fingerprint density at radius 3 is 2.29 bits per heavy atom. The molecular weight excluding hydrogens is 408 g/mol. The molecule has 1 aromatic carbocycles. The van der Waals surface area contributed by atoms with Gasteiger partial charge >= 0.3 is 11.9 Å². The molecule has 2 amide bonds. The van der Waals surface area contributed by atoms with Gasteiger partial charge in [0.05, 0.1) is 6.10 Å². The Kier molecular flexibility index (Phi) is 8.50. The normalized spacial score (nSPS) is 15.1. The number of carbonyl (C=O) groups excluding carboxylic acids is 3. The van der Waals surface area contributed by atoms with E-state index in [2.05, 4.69) is 5.32 Å². The fourth-order valence-corrected chi connectivity index (χ4v) is 3.07. The molecule has 1 fully saturated rings. The summed E-state index contributed by atoms with van der Waals surface area (Å²) in [5.41, 5.74) is 6.11. The minimum absolute atomic E-state index is 0.134. The van der Waals surface area contributed by atoms with E-state index in [4.69, 9.17) is 25.7 Å². The van der Waals surface area contributed by atoms with Crippen LogP contribution in [-0.4, -0.2) is 78.0 Å². The zero-order valence-corrected chi connectivity index (χ0v) is 17.1. The van der Waals surface area contributed by atoms with Crippen molar-refractivity contribution in [3.63, 3.8) is 0 Å². The molecule has 1 aromatic rings. The largest absolute Gasteiger partial charge is 0.480 e. The summed E-state index contributed by atoms with van der Waals surface area (Å²) < 4.78 is 10.2. The Morgan fingerprint density at radius 1 is 1.19 bits per heavy atom. The Hall–Kier alpha value is -3.47. The number of rotatable bonds is 9. The van der Waals surface area contributed by atoms with Gasteiger partial charge in [0.15, 0.2) is 0 Å². The minimum Gasteiger partial charge on any atom is -0.480 e. The highest BCUT2D eigenvalue weighted by molar-refractivity contribution is 5.99. The fraction of sp³-hybridized carbons (Fsp3) is 0.450. The molecule has 1 saturated heterocycles. The Balaban J connectivity index is 2.01. The molecule has 2 rings (SSSR count). The van der Waals surface area contributed by atoms with Gasteiger partial charge in [-0.1, -0.05) is 12.1 Å². The summed E-state index contributed by atoms with van der Waals surface area (Å²) in [5, 5.41) is 18.7. The number of nitrogens with one attached hydrogen (secondary N) is 2. The Bertz CT molecular complexity index is 832. The van der Waals surface area contributed by atoms with Crippen LogP contribution in [0.2, 0.25) is 0 Å². The zero-order valence-electron chi connectivity index (χ0n) is 17.1. The molecule has 0 spiro atoms. The van der Waals surface area contributed by atoms with Gasteiger partial charge in [0.1, 0.15) is 25.1 Å². The smallest absolute Gasteiger partial charge is 0.329 e. The Morgan fingerprint density at radius 2 is 1.77 bits per heavy atom. The second-order valence-corrected chi connectivity index (χ2v) is 7.05. The molecule has 0 unspecified atom stereocenters. The van der Waals surface area contributed by atoms with Gasteiger partial charge in [-0.25, -0.2) is 4.79 Å². The van der Waals surface area contributed by atoms with Crippen LogP contribution in [0.4, 0.5) is 0 Å². The number of carboxylic acids is 1. The number of likely N-dealkylation sites (tertiary alicyclic amines) is 1. The topological polar surface area (TPSA) is 172 Å². The lowest BCUT2D eigenvalue weighted by Gasteiger charge is -2.34. The van der Waals surface area contributed by atoms with Crippen LogP contribution in [0, 0.1) is 5.41 Å². The molecule has 0 radical (unpaired) electrons. The molecule has 168 valence electrons. The molecule has 0 aliphatic carbocycles. The molecular formula is C20H26N4O7. The van der Waals surface area contributed by atoms with Crippen LogP contribution in [0.5, 0.6) is 0 Å². The molecule has 11 heteroatoms. The van der Waals surface area contributed by atoms with Crippen molar-refractivity contribution in [2.75, 3.05) is 26.3 Å². The minimum atomic E-state index is -1.08. The first-order chi connectivity index (χ1) is 14.7. The van der Waals surface area contributed by atoms with Crippen molar-refractivity contribution >= 4 is 29.6 Å². The van der Waals surface area contributed by atoms with E-state index >= 15 is 0 Å². The lowest BCUT2D eigenvalue weighted by molar-refractivity contribution is -0.149. The van der Waals surface area contributed by atoms with Crippen molar-refractivity contribution in [3.8, 4) is 0 Å². The van der Waals surface area contributed by atoms with E-state index in [1.165, 1.54) is 36.1 Å². The second kappa shape index (κ2) is 11.1. The van der Waals surface area contributed by atoms with Gasteiger partial charge in [0.2, 0.25) is 5.91 Å². The number of ether oxygens (including phenoxy) is 2. The molecule has 0 saturated carbocycles. The van der Waals surface area contributed by atoms with Crippen LogP contribution in [0.15, 0.2) is 24.3 Å². The van der Waals surface area contributed by atoms with Gasteiger partial charge in [0.25, 0.3) is 5.91 Å². The first-order valence-corrected chi connectivity index (χ1v) is 9.68. The van der Waals surface area contributed by atoms with Gasteiger partial charge in [0, 0.05) is 31.1 Å². The van der Waals surface area contributed by atoms with E-state index in [1.54, 1.807) is 0 Å². The highest BCUT2D eigenvalue weighted by Gasteiger charge is 2.31. The second-order valence-electron chi connectivity index (χ2n) is 7.05. The molecule has 1 heterocycles. The molecule has 1 aliphatic heterocycles. The number of esters is 1. The van der Waals surface area contributed by atoms with E-state index in [1.807, 2.05) is 0 Å². The van der Waals surface area contributed by atoms with Crippen molar-refractivity contribution < 1.29 is 33.8 Å². The van der Waals surface area contributed by atoms with Crippen LogP contribution >= 0.6 is 0 Å². The molecule has 31 heavy (non-hydrogen) atoms. The van der Waals surface area contributed by atoms with Crippen LogP contribution in [-0.2, 0) is 23.9 Å². The molecule has 5 N–H and O–H groups in total.